The van der Waals surface area contributed by atoms with Gasteiger partial charge in [0.1, 0.15) is 11.6 Å². The van der Waals surface area contributed by atoms with Crippen molar-refractivity contribution >= 4 is 11.8 Å². The molecule has 0 aliphatic carbocycles. The van der Waals surface area contributed by atoms with Crippen LogP contribution in [0, 0.1) is 0 Å². The fourth-order valence-corrected chi connectivity index (χ4v) is 3.52. The topological polar surface area (TPSA) is 74.5 Å². The Kier molecular flexibility index (Phi) is 4.49. The van der Waals surface area contributed by atoms with Gasteiger partial charge in [0.25, 0.3) is 0 Å². The van der Waals surface area contributed by atoms with Crippen LogP contribution in [0.2, 0.25) is 0 Å². The molecule has 8 nitrogen and oxygen atoms in total. The van der Waals surface area contributed by atoms with E-state index in [-0.39, 0.29) is 0 Å². The molecule has 0 bridgehead atoms. The molecule has 132 valence electrons. The van der Waals surface area contributed by atoms with Gasteiger partial charge in [-0.05, 0) is 18.6 Å². The van der Waals surface area contributed by atoms with Gasteiger partial charge in [0.05, 0.1) is 6.54 Å². The number of rotatable bonds is 3. The second-order valence-corrected chi connectivity index (χ2v) is 6.35. The maximum Gasteiger partial charge on any atom is 0.194 e. The molecule has 2 aliphatic heterocycles. The van der Waals surface area contributed by atoms with Crippen molar-refractivity contribution in [2.75, 3.05) is 38.1 Å². The van der Waals surface area contributed by atoms with Crippen LogP contribution < -0.4 is 10.2 Å². The number of aryl methyl sites for hydroxylation is 1. The number of aliphatic imine (C=N–C) groups is 1. The lowest BCUT2D eigenvalue weighted by atomic mass is 10.3. The van der Waals surface area contributed by atoms with E-state index in [4.69, 9.17) is 0 Å². The van der Waals surface area contributed by atoms with Crippen LogP contribution in [0.15, 0.2) is 29.4 Å². The number of hydrogen-bond acceptors (Lipinski definition) is 5. The zero-order valence-corrected chi connectivity index (χ0v) is 14.6. The number of fused-ring (bicyclic) bond motifs is 1. The number of hydrogen-bond donors (Lipinski definition) is 1. The number of piperazine rings is 1. The molecule has 1 fully saturated rings. The fourth-order valence-electron chi connectivity index (χ4n) is 3.52. The van der Waals surface area contributed by atoms with Crippen molar-refractivity contribution in [2.45, 2.75) is 25.9 Å². The molecule has 0 atom stereocenters. The van der Waals surface area contributed by atoms with Gasteiger partial charge >= 0.3 is 0 Å². The van der Waals surface area contributed by atoms with Crippen molar-refractivity contribution in [2.24, 2.45) is 4.99 Å². The molecule has 0 aromatic carbocycles. The van der Waals surface area contributed by atoms with Gasteiger partial charge in [-0.1, -0.05) is 6.07 Å². The van der Waals surface area contributed by atoms with Crippen molar-refractivity contribution in [1.82, 2.24) is 30.0 Å². The molecule has 4 rings (SSSR count). The third-order valence-corrected chi connectivity index (χ3v) is 4.86. The first-order valence-corrected chi connectivity index (χ1v) is 8.87. The first kappa shape index (κ1) is 15.9. The molecule has 2 aromatic rings. The molecule has 0 saturated carbocycles. The van der Waals surface area contributed by atoms with Gasteiger partial charge in [0.15, 0.2) is 11.8 Å². The predicted molar refractivity (Wildman–Crippen MR) is 96.6 cm³/mol. The van der Waals surface area contributed by atoms with E-state index in [1.165, 1.54) is 6.42 Å². The summed E-state index contributed by atoms with van der Waals surface area (Å²) in [5.41, 5.74) is 0. The average molecular weight is 340 g/mol. The minimum atomic E-state index is 0.667. The normalized spacial score (nSPS) is 17.7. The van der Waals surface area contributed by atoms with Crippen LogP contribution >= 0.6 is 0 Å². The molecule has 2 aromatic heterocycles. The van der Waals surface area contributed by atoms with Gasteiger partial charge in [0, 0.05) is 52.4 Å². The molecule has 0 spiro atoms. The summed E-state index contributed by atoms with van der Waals surface area (Å²) in [6.07, 6.45) is 4.05. The highest BCUT2D eigenvalue weighted by molar-refractivity contribution is 5.80. The van der Waals surface area contributed by atoms with Gasteiger partial charge in [-0.15, -0.1) is 10.2 Å². The second-order valence-electron chi connectivity index (χ2n) is 6.35. The number of pyridine rings is 1. The molecule has 25 heavy (non-hydrogen) atoms. The lowest BCUT2D eigenvalue weighted by molar-refractivity contribution is 0.370. The number of nitrogens with zero attached hydrogens (tertiary/aromatic N) is 7. The molecule has 2 aliphatic rings. The Labute approximate surface area is 147 Å². The minimum Gasteiger partial charge on any atom is -0.353 e. The SMILES string of the molecule is CN=C(NCc1nnc2n1CCC2)N1CCN(c2ccccn2)CC1. The van der Waals surface area contributed by atoms with Crippen LogP contribution in [-0.4, -0.2) is 63.8 Å². The van der Waals surface area contributed by atoms with Gasteiger partial charge in [-0.3, -0.25) is 4.99 Å². The maximum absolute atomic E-state index is 4.44. The van der Waals surface area contributed by atoms with E-state index in [0.29, 0.717) is 6.54 Å². The van der Waals surface area contributed by atoms with Crippen molar-refractivity contribution in [3.63, 3.8) is 0 Å². The Morgan fingerprint density at radius 1 is 1.16 bits per heavy atom. The van der Waals surface area contributed by atoms with E-state index < -0.39 is 0 Å². The molecule has 8 heteroatoms. The Hall–Kier alpha value is -2.64. The largest absolute Gasteiger partial charge is 0.353 e. The third kappa shape index (κ3) is 3.29. The maximum atomic E-state index is 4.44. The summed E-state index contributed by atoms with van der Waals surface area (Å²) < 4.78 is 2.22. The van der Waals surface area contributed by atoms with E-state index >= 15 is 0 Å². The van der Waals surface area contributed by atoms with Crippen LogP contribution in [0.4, 0.5) is 5.82 Å². The molecular weight excluding hydrogens is 316 g/mol. The van der Waals surface area contributed by atoms with Gasteiger partial charge in [-0.2, -0.15) is 0 Å². The van der Waals surface area contributed by atoms with Crippen LogP contribution in [0.25, 0.3) is 0 Å². The number of guanidine groups is 1. The zero-order chi connectivity index (χ0) is 17.1. The molecule has 1 N–H and O–H groups in total. The van der Waals surface area contributed by atoms with Gasteiger partial charge in [0.2, 0.25) is 0 Å². The average Bonchev–Trinajstić information content (AvgIpc) is 3.28. The highest BCUT2D eigenvalue weighted by atomic mass is 15.4. The minimum absolute atomic E-state index is 0.667. The van der Waals surface area contributed by atoms with Gasteiger partial charge < -0.3 is 19.7 Å². The summed E-state index contributed by atoms with van der Waals surface area (Å²) in [5.74, 6) is 4.08. The standard InChI is InChI=1S/C17H24N8/c1-18-17(20-13-16-22-21-15-6-4-8-25(15)16)24-11-9-23(10-12-24)14-5-2-3-7-19-14/h2-3,5,7H,4,6,8-13H2,1H3,(H,18,20). The van der Waals surface area contributed by atoms with E-state index in [2.05, 4.69) is 45.9 Å². The molecular formula is C17H24N8. The summed E-state index contributed by atoms with van der Waals surface area (Å²) in [7, 11) is 1.84. The van der Waals surface area contributed by atoms with Crippen molar-refractivity contribution in [3.8, 4) is 0 Å². The number of anilines is 1. The Morgan fingerprint density at radius 3 is 2.80 bits per heavy atom. The molecule has 1 saturated heterocycles. The molecule has 0 amide bonds. The Balaban J connectivity index is 1.33. The van der Waals surface area contributed by atoms with Crippen molar-refractivity contribution < 1.29 is 0 Å². The summed E-state index contributed by atoms with van der Waals surface area (Å²) in [6.45, 7) is 5.43. The van der Waals surface area contributed by atoms with E-state index in [1.807, 2.05) is 25.4 Å². The van der Waals surface area contributed by atoms with Crippen LogP contribution in [0.3, 0.4) is 0 Å². The molecule has 0 unspecified atom stereocenters. The van der Waals surface area contributed by atoms with E-state index in [1.54, 1.807) is 0 Å². The van der Waals surface area contributed by atoms with Gasteiger partial charge in [-0.25, -0.2) is 4.98 Å². The Morgan fingerprint density at radius 2 is 2.04 bits per heavy atom. The summed E-state index contributed by atoms with van der Waals surface area (Å²) in [4.78, 5) is 13.5. The fraction of sp³-hybridized carbons (Fsp3) is 0.529. The lowest BCUT2D eigenvalue weighted by Crippen LogP contribution is -2.52. The highest BCUT2D eigenvalue weighted by Crippen LogP contribution is 2.15. The quantitative estimate of drug-likeness (QED) is 0.648. The van der Waals surface area contributed by atoms with Crippen LogP contribution in [-0.2, 0) is 19.5 Å². The van der Waals surface area contributed by atoms with Crippen LogP contribution in [0.1, 0.15) is 18.1 Å². The zero-order valence-electron chi connectivity index (χ0n) is 14.6. The molecule has 0 radical (unpaired) electrons. The highest BCUT2D eigenvalue weighted by Gasteiger charge is 2.21. The molecule has 4 heterocycles. The monoisotopic (exact) mass is 340 g/mol. The first-order chi connectivity index (χ1) is 12.3. The van der Waals surface area contributed by atoms with E-state index in [9.17, 15) is 0 Å². The number of nitrogens with one attached hydrogen (secondary N) is 1. The summed E-state index contributed by atoms with van der Waals surface area (Å²) in [5, 5.41) is 12.0. The summed E-state index contributed by atoms with van der Waals surface area (Å²) >= 11 is 0. The number of aromatic nitrogens is 4. The summed E-state index contributed by atoms with van der Waals surface area (Å²) in [6, 6.07) is 6.05. The van der Waals surface area contributed by atoms with Crippen molar-refractivity contribution in [3.05, 3.63) is 36.0 Å². The lowest BCUT2D eigenvalue weighted by Gasteiger charge is -2.37. The second kappa shape index (κ2) is 7.08. The Bertz CT molecular complexity index is 730. The smallest absolute Gasteiger partial charge is 0.194 e. The third-order valence-electron chi connectivity index (χ3n) is 4.86. The van der Waals surface area contributed by atoms with Crippen LogP contribution in [0.5, 0.6) is 0 Å². The van der Waals surface area contributed by atoms with E-state index in [0.717, 1.165) is 62.6 Å². The van der Waals surface area contributed by atoms with Crippen molar-refractivity contribution in [1.29, 1.82) is 0 Å². The first-order valence-electron chi connectivity index (χ1n) is 8.87. The predicted octanol–water partition coefficient (Wildman–Crippen LogP) is 0.517.